The van der Waals surface area contributed by atoms with Gasteiger partial charge >= 0.3 is 0 Å². The van der Waals surface area contributed by atoms with Crippen LogP contribution in [-0.4, -0.2) is 57.7 Å². The lowest BCUT2D eigenvalue weighted by Crippen LogP contribution is -2.43. The van der Waals surface area contributed by atoms with E-state index in [1.807, 2.05) is 0 Å². The van der Waals surface area contributed by atoms with E-state index in [0.717, 1.165) is 6.54 Å². The predicted molar refractivity (Wildman–Crippen MR) is 124 cm³/mol. The van der Waals surface area contributed by atoms with Crippen molar-refractivity contribution in [1.82, 2.24) is 0 Å². The van der Waals surface area contributed by atoms with Crippen LogP contribution in [-0.2, 0) is 4.79 Å². The third-order valence-electron chi connectivity index (χ3n) is 5.05. The summed E-state index contributed by atoms with van der Waals surface area (Å²) in [6.45, 7) is 4.38. The van der Waals surface area contributed by atoms with E-state index in [-0.39, 0.29) is 6.29 Å². The number of unbranched alkanes of at least 4 members (excludes halogenated alkanes) is 12. The van der Waals surface area contributed by atoms with Crippen LogP contribution in [0, 0.1) is 0 Å². The second-order valence-electron chi connectivity index (χ2n) is 8.07. The van der Waals surface area contributed by atoms with Crippen LogP contribution in [0.25, 0.3) is 0 Å². The predicted octanol–water partition coefficient (Wildman–Crippen LogP) is 3.63. The molecule has 180 valence electrons. The van der Waals surface area contributed by atoms with Gasteiger partial charge < -0.3 is 31.0 Å². The Bertz CT molecular complexity index is 377. The Balaban J connectivity index is 0. The Morgan fingerprint density at radius 3 is 1.53 bits per heavy atom. The van der Waals surface area contributed by atoms with E-state index in [1.54, 1.807) is 0 Å². The SMILES string of the molecule is CC(O)C(O)C(O)C(O)C=O.CCCCCCCC/C=C\CCCCCCCCN. The van der Waals surface area contributed by atoms with Gasteiger partial charge in [0.15, 0.2) is 6.29 Å². The fraction of sp³-hybridized carbons (Fsp3) is 0.875. The maximum Gasteiger partial charge on any atom is 0.151 e. The summed E-state index contributed by atoms with van der Waals surface area (Å²) < 4.78 is 0. The molecule has 4 atom stereocenters. The van der Waals surface area contributed by atoms with E-state index in [2.05, 4.69) is 19.1 Å². The zero-order valence-electron chi connectivity index (χ0n) is 19.4. The number of aldehydes is 1. The molecule has 0 saturated heterocycles. The number of aliphatic hydroxyl groups is 4. The molecule has 0 aliphatic carbocycles. The molecule has 0 saturated carbocycles. The number of carbonyl (C=O) groups is 1. The van der Waals surface area contributed by atoms with Crippen LogP contribution in [0.1, 0.15) is 104 Å². The molecule has 6 nitrogen and oxygen atoms in total. The van der Waals surface area contributed by atoms with E-state index in [0.29, 0.717) is 0 Å². The average Bonchev–Trinajstić information content (AvgIpc) is 2.75. The van der Waals surface area contributed by atoms with E-state index >= 15 is 0 Å². The van der Waals surface area contributed by atoms with Crippen molar-refractivity contribution >= 4 is 6.29 Å². The Morgan fingerprint density at radius 1 is 0.700 bits per heavy atom. The molecule has 0 aromatic rings. The van der Waals surface area contributed by atoms with Gasteiger partial charge in [-0.15, -0.1) is 0 Å². The zero-order valence-corrected chi connectivity index (χ0v) is 19.4. The lowest BCUT2D eigenvalue weighted by atomic mass is 10.1. The quantitative estimate of drug-likeness (QED) is 0.121. The lowest BCUT2D eigenvalue weighted by molar-refractivity contribution is -0.132. The summed E-state index contributed by atoms with van der Waals surface area (Å²) in [6.07, 6.45) is 18.0. The number of rotatable bonds is 19. The van der Waals surface area contributed by atoms with Crippen LogP contribution in [0.2, 0.25) is 0 Å². The molecule has 0 heterocycles. The lowest BCUT2D eigenvalue weighted by Gasteiger charge is -2.21. The molecule has 6 N–H and O–H groups in total. The van der Waals surface area contributed by atoms with Gasteiger partial charge in [0.2, 0.25) is 0 Å². The van der Waals surface area contributed by atoms with Crippen molar-refractivity contribution in [2.75, 3.05) is 6.54 Å². The van der Waals surface area contributed by atoms with Crippen LogP contribution in [0.3, 0.4) is 0 Å². The summed E-state index contributed by atoms with van der Waals surface area (Å²) in [5.41, 5.74) is 5.47. The Labute approximate surface area is 184 Å². The summed E-state index contributed by atoms with van der Waals surface area (Å²) in [6, 6.07) is 0. The Kier molecular flexibility index (Phi) is 25.6. The highest BCUT2D eigenvalue weighted by atomic mass is 16.4. The second kappa shape index (κ2) is 24.5. The number of hydrogen-bond acceptors (Lipinski definition) is 6. The van der Waals surface area contributed by atoms with E-state index in [9.17, 15) is 4.79 Å². The van der Waals surface area contributed by atoms with Crippen molar-refractivity contribution < 1.29 is 25.2 Å². The number of hydrogen-bond donors (Lipinski definition) is 5. The van der Waals surface area contributed by atoms with Crippen molar-refractivity contribution in [3.05, 3.63) is 12.2 Å². The third-order valence-corrected chi connectivity index (χ3v) is 5.05. The molecule has 0 bridgehead atoms. The Hall–Kier alpha value is -0.790. The summed E-state index contributed by atoms with van der Waals surface area (Å²) in [7, 11) is 0. The van der Waals surface area contributed by atoms with Gasteiger partial charge in [0, 0.05) is 0 Å². The number of allylic oxidation sites excluding steroid dienone is 2. The minimum Gasteiger partial charge on any atom is -0.391 e. The highest BCUT2D eigenvalue weighted by Gasteiger charge is 2.27. The maximum atomic E-state index is 9.87. The molecular formula is C24H49NO5. The molecular weight excluding hydrogens is 382 g/mol. The monoisotopic (exact) mass is 431 g/mol. The summed E-state index contributed by atoms with van der Waals surface area (Å²) in [4.78, 5) is 9.87. The number of nitrogens with two attached hydrogens (primary N) is 1. The van der Waals surface area contributed by atoms with Crippen LogP contribution in [0.5, 0.6) is 0 Å². The first-order valence-corrected chi connectivity index (χ1v) is 11.9. The molecule has 4 unspecified atom stereocenters. The van der Waals surface area contributed by atoms with Crippen molar-refractivity contribution in [3.63, 3.8) is 0 Å². The molecule has 0 spiro atoms. The standard InChI is InChI=1S/C18H37N.C6H12O5/c1-2-3-4-5-6-7-8-9-10-11-12-13-14-15-16-17-18-19;1-3(8)5(10)6(11)4(9)2-7/h9-10H,2-8,11-19H2,1H3;2-6,8-11H,1H3/b10-9-;. The van der Waals surface area contributed by atoms with Crippen LogP contribution in [0.15, 0.2) is 12.2 Å². The van der Waals surface area contributed by atoms with E-state index in [1.165, 1.54) is 96.8 Å². The summed E-state index contributed by atoms with van der Waals surface area (Å²) in [5.74, 6) is 0. The van der Waals surface area contributed by atoms with Gasteiger partial charge in [-0.3, -0.25) is 0 Å². The molecule has 0 rings (SSSR count). The van der Waals surface area contributed by atoms with Gasteiger partial charge in [0.25, 0.3) is 0 Å². The average molecular weight is 432 g/mol. The van der Waals surface area contributed by atoms with E-state index < -0.39 is 24.4 Å². The topological polar surface area (TPSA) is 124 Å². The number of aliphatic hydroxyl groups excluding tert-OH is 4. The first-order chi connectivity index (χ1) is 14.4. The molecule has 0 radical (unpaired) electrons. The fourth-order valence-electron chi connectivity index (χ4n) is 2.96. The third kappa shape index (κ3) is 21.9. The molecule has 0 aliphatic rings. The van der Waals surface area contributed by atoms with Crippen molar-refractivity contribution in [1.29, 1.82) is 0 Å². The first-order valence-electron chi connectivity index (χ1n) is 11.9. The largest absolute Gasteiger partial charge is 0.391 e. The summed E-state index contributed by atoms with van der Waals surface area (Å²) in [5, 5.41) is 35.1. The van der Waals surface area contributed by atoms with Gasteiger partial charge in [-0.25, -0.2) is 0 Å². The number of carbonyl (C=O) groups excluding carboxylic acids is 1. The molecule has 0 aromatic heterocycles. The Morgan fingerprint density at radius 2 is 1.13 bits per heavy atom. The highest BCUT2D eigenvalue weighted by Crippen LogP contribution is 2.09. The normalized spacial score (nSPS) is 15.3. The van der Waals surface area contributed by atoms with Crippen molar-refractivity contribution in [2.24, 2.45) is 5.73 Å². The summed E-state index contributed by atoms with van der Waals surface area (Å²) >= 11 is 0. The van der Waals surface area contributed by atoms with Crippen LogP contribution >= 0.6 is 0 Å². The maximum absolute atomic E-state index is 9.87. The minimum atomic E-state index is -1.65. The van der Waals surface area contributed by atoms with Crippen LogP contribution in [0.4, 0.5) is 0 Å². The molecule has 30 heavy (non-hydrogen) atoms. The molecule has 6 heteroatoms. The molecule has 0 fully saturated rings. The minimum absolute atomic E-state index is 0.0935. The molecule has 0 aliphatic heterocycles. The van der Waals surface area contributed by atoms with Gasteiger partial charge in [-0.05, 0) is 45.6 Å². The zero-order chi connectivity index (χ0) is 23.0. The highest BCUT2D eigenvalue weighted by molar-refractivity contribution is 5.56. The second-order valence-corrected chi connectivity index (χ2v) is 8.07. The van der Waals surface area contributed by atoms with Gasteiger partial charge in [-0.1, -0.05) is 76.9 Å². The van der Waals surface area contributed by atoms with Crippen molar-refractivity contribution in [3.8, 4) is 0 Å². The van der Waals surface area contributed by atoms with E-state index in [4.69, 9.17) is 26.2 Å². The molecule has 0 amide bonds. The van der Waals surface area contributed by atoms with Crippen LogP contribution < -0.4 is 5.73 Å². The van der Waals surface area contributed by atoms with Gasteiger partial charge in [0.05, 0.1) is 6.10 Å². The smallest absolute Gasteiger partial charge is 0.151 e. The fourth-order valence-corrected chi connectivity index (χ4v) is 2.96. The van der Waals surface area contributed by atoms with Crippen molar-refractivity contribution in [2.45, 2.75) is 128 Å². The van der Waals surface area contributed by atoms with Gasteiger partial charge in [-0.2, -0.15) is 0 Å². The molecule has 0 aromatic carbocycles. The first kappa shape index (κ1) is 31.4. The van der Waals surface area contributed by atoms with Gasteiger partial charge in [0.1, 0.15) is 18.3 Å².